The molecule has 1 aromatic heterocycles. The van der Waals surface area contributed by atoms with Crippen molar-refractivity contribution in [3.05, 3.63) is 11.5 Å². The molecule has 0 atom stereocenters. The molecular formula is C7H9FN4. The Kier molecular flexibility index (Phi) is 1.39. The van der Waals surface area contributed by atoms with E-state index in [1.54, 1.807) is 0 Å². The van der Waals surface area contributed by atoms with E-state index in [4.69, 9.17) is 11.5 Å². The first-order valence-corrected chi connectivity index (χ1v) is 3.77. The summed E-state index contributed by atoms with van der Waals surface area (Å²) in [5.74, 6) is -0.399. The van der Waals surface area contributed by atoms with Crippen LogP contribution < -0.4 is 11.5 Å². The van der Waals surface area contributed by atoms with Gasteiger partial charge in [-0.1, -0.05) is 0 Å². The van der Waals surface area contributed by atoms with Gasteiger partial charge >= 0.3 is 0 Å². The Morgan fingerprint density at radius 2 is 1.92 bits per heavy atom. The molecule has 1 saturated carbocycles. The fraction of sp³-hybridized carbons (Fsp3) is 0.429. The van der Waals surface area contributed by atoms with Gasteiger partial charge in [0.1, 0.15) is 0 Å². The molecule has 4 nitrogen and oxygen atoms in total. The van der Waals surface area contributed by atoms with E-state index >= 15 is 0 Å². The van der Waals surface area contributed by atoms with E-state index < -0.39 is 5.82 Å². The maximum absolute atomic E-state index is 13.2. The van der Waals surface area contributed by atoms with Crippen molar-refractivity contribution >= 4 is 11.8 Å². The molecule has 1 aliphatic rings. The van der Waals surface area contributed by atoms with Gasteiger partial charge in [-0.15, -0.1) is 0 Å². The molecule has 1 aromatic rings. The molecule has 0 saturated heterocycles. The van der Waals surface area contributed by atoms with Gasteiger partial charge in [-0.25, -0.2) is 9.37 Å². The highest BCUT2D eigenvalue weighted by atomic mass is 19.1. The SMILES string of the molecule is Nc1nc(N)c(F)c(C2CC2)n1. The third-order valence-corrected chi connectivity index (χ3v) is 1.88. The van der Waals surface area contributed by atoms with Crippen molar-refractivity contribution in [2.45, 2.75) is 18.8 Å². The minimum Gasteiger partial charge on any atom is -0.381 e. The summed E-state index contributed by atoms with van der Waals surface area (Å²) in [6.07, 6.45) is 1.93. The second-order valence-corrected chi connectivity index (χ2v) is 2.94. The van der Waals surface area contributed by atoms with Gasteiger partial charge in [-0.3, -0.25) is 0 Å². The molecule has 64 valence electrons. The maximum Gasteiger partial charge on any atom is 0.222 e. The van der Waals surface area contributed by atoms with Crippen LogP contribution in [0.4, 0.5) is 16.2 Å². The van der Waals surface area contributed by atoms with Crippen LogP contribution in [-0.4, -0.2) is 9.97 Å². The Labute approximate surface area is 68.8 Å². The number of rotatable bonds is 1. The quantitative estimate of drug-likeness (QED) is 0.645. The third-order valence-electron chi connectivity index (χ3n) is 1.88. The summed E-state index contributed by atoms with van der Waals surface area (Å²) in [5.41, 5.74) is 11.0. The fourth-order valence-corrected chi connectivity index (χ4v) is 1.13. The average molecular weight is 168 g/mol. The van der Waals surface area contributed by atoms with E-state index in [1.165, 1.54) is 0 Å². The molecule has 1 fully saturated rings. The minimum atomic E-state index is -0.508. The normalized spacial score (nSPS) is 16.4. The second-order valence-electron chi connectivity index (χ2n) is 2.94. The van der Waals surface area contributed by atoms with Crippen molar-refractivity contribution in [2.24, 2.45) is 0 Å². The van der Waals surface area contributed by atoms with Crippen LogP contribution in [0.5, 0.6) is 0 Å². The largest absolute Gasteiger partial charge is 0.381 e. The van der Waals surface area contributed by atoms with E-state index in [2.05, 4.69) is 9.97 Å². The topological polar surface area (TPSA) is 77.8 Å². The molecule has 0 unspecified atom stereocenters. The highest BCUT2D eigenvalue weighted by Crippen LogP contribution is 2.40. The molecule has 0 spiro atoms. The lowest BCUT2D eigenvalue weighted by Crippen LogP contribution is -2.06. The summed E-state index contributed by atoms with van der Waals surface area (Å²) in [6, 6.07) is 0. The molecular weight excluding hydrogens is 159 g/mol. The molecule has 1 heterocycles. The number of hydrogen-bond donors (Lipinski definition) is 2. The highest BCUT2D eigenvalue weighted by molar-refractivity contribution is 5.40. The monoisotopic (exact) mass is 168 g/mol. The average Bonchev–Trinajstić information content (AvgIpc) is 2.79. The molecule has 0 bridgehead atoms. The number of nitrogens with zero attached hydrogens (tertiary/aromatic N) is 2. The molecule has 12 heavy (non-hydrogen) atoms. The summed E-state index contributed by atoms with van der Waals surface area (Å²) < 4.78 is 13.2. The van der Waals surface area contributed by atoms with Gasteiger partial charge in [0.2, 0.25) is 5.95 Å². The van der Waals surface area contributed by atoms with Gasteiger partial charge in [0, 0.05) is 5.92 Å². The lowest BCUT2D eigenvalue weighted by atomic mass is 10.2. The molecule has 1 aliphatic carbocycles. The van der Waals surface area contributed by atoms with Crippen molar-refractivity contribution in [2.75, 3.05) is 11.5 Å². The van der Waals surface area contributed by atoms with Gasteiger partial charge in [-0.2, -0.15) is 4.98 Å². The zero-order chi connectivity index (χ0) is 8.72. The van der Waals surface area contributed by atoms with Crippen LogP contribution in [0.15, 0.2) is 0 Å². The Hall–Kier alpha value is -1.39. The number of hydrogen-bond acceptors (Lipinski definition) is 4. The van der Waals surface area contributed by atoms with Crippen LogP contribution in [0.3, 0.4) is 0 Å². The zero-order valence-corrected chi connectivity index (χ0v) is 6.42. The predicted octanol–water partition coefficient (Wildman–Crippen LogP) is 0.657. The summed E-state index contributed by atoms with van der Waals surface area (Å²) in [4.78, 5) is 7.32. The van der Waals surface area contributed by atoms with E-state index in [0.29, 0.717) is 5.69 Å². The Bertz CT molecular complexity index is 321. The van der Waals surface area contributed by atoms with Crippen LogP contribution in [0.1, 0.15) is 24.5 Å². The Morgan fingerprint density at radius 1 is 1.25 bits per heavy atom. The first kappa shape index (κ1) is 7.27. The Balaban J connectivity index is 2.51. The minimum absolute atomic E-state index is 0.0517. The van der Waals surface area contributed by atoms with Crippen LogP contribution in [0, 0.1) is 5.82 Å². The summed E-state index contributed by atoms with van der Waals surface area (Å²) in [7, 11) is 0. The highest BCUT2D eigenvalue weighted by Gasteiger charge is 2.29. The maximum atomic E-state index is 13.2. The van der Waals surface area contributed by atoms with Crippen molar-refractivity contribution in [3.8, 4) is 0 Å². The van der Waals surface area contributed by atoms with Crippen molar-refractivity contribution < 1.29 is 4.39 Å². The number of aromatic nitrogens is 2. The van der Waals surface area contributed by atoms with Gasteiger partial charge in [0.15, 0.2) is 11.6 Å². The van der Waals surface area contributed by atoms with Gasteiger partial charge in [0.25, 0.3) is 0 Å². The zero-order valence-electron chi connectivity index (χ0n) is 6.42. The number of halogens is 1. The van der Waals surface area contributed by atoms with Crippen LogP contribution in [-0.2, 0) is 0 Å². The third kappa shape index (κ3) is 1.07. The first-order valence-electron chi connectivity index (χ1n) is 3.77. The van der Waals surface area contributed by atoms with Crippen LogP contribution in [0.25, 0.3) is 0 Å². The molecule has 2 rings (SSSR count). The van der Waals surface area contributed by atoms with E-state index in [0.717, 1.165) is 12.8 Å². The van der Waals surface area contributed by atoms with Gasteiger partial charge < -0.3 is 11.5 Å². The fourth-order valence-electron chi connectivity index (χ4n) is 1.13. The van der Waals surface area contributed by atoms with E-state index in [9.17, 15) is 4.39 Å². The molecule has 0 amide bonds. The number of anilines is 2. The van der Waals surface area contributed by atoms with Gasteiger partial charge in [0.05, 0.1) is 5.69 Å². The van der Waals surface area contributed by atoms with Gasteiger partial charge in [-0.05, 0) is 12.8 Å². The van der Waals surface area contributed by atoms with E-state index in [-0.39, 0.29) is 17.7 Å². The number of nitrogen functional groups attached to an aromatic ring is 2. The van der Waals surface area contributed by atoms with E-state index in [1.807, 2.05) is 0 Å². The first-order chi connectivity index (χ1) is 5.68. The Morgan fingerprint density at radius 3 is 2.50 bits per heavy atom. The summed E-state index contributed by atoms with van der Waals surface area (Å²) >= 11 is 0. The molecule has 0 radical (unpaired) electrons. The molecule has 0 aliphatic heterocycles. The van der Waals surface area contributed by atoms with Crippen molar-refractivity contribution in [1.29, 1.82) is 0 Å². The predicted molar refractivity (Wildman–Crippen MR) is 42.8 cm³/mol. The molecule has 5 heteroatoms. The van der Waals surface area contributed by atoms with Crippen molar-refractivity contribution in [1.82, 2.24) is 9.97 Å². The van der Waals surface area contributed by atoms with Crippen molar-refractivity contribution in [3.63, 3.8) is 0 Å². The summed E-state index contributed by atoms with van der Waals surface area (Å²) in [6.45, 7) is 0. The molecule has 4 N–H and O–H groups in total. The molecule has 0 aromatic carbocycles. The van der Waals surface area contributed by atoms with Crippen LogP contribution >= 0.6 is 0 Å². The second kappa shape index (κ2) is 2.30. The smallest absolute Gasteiger partial charge is 0.222 e. The number of nitrogens with two attached hydrogens (primary N) is 2. The van der Waals surface area contributed by atoms with Crippen LogP contribution in [0.2, 0.25) is 0 Å². The summed E-state index contributed by atoms with van der Waals surface area (Å²) in [5, 5.41) is 0. The lowest BCUT2D eigenvalue weighted by molar-refractivity contribution is 0.599. The standard InChI is InChI=1S/C7H9FN4/c8-4-5(3-1-2-3)11-7(10)12-6(4)9/h3H,1-2H2,(H4,9,10,11,12). The lowest BCUT2D eigenvalue weighted by Gasteiger charge is -2.02.